The van der Waals surface area contributed by atoms with E-state index < -0.39 is 10.0 Å². The van der Waals surface area contributed by atoms with Gasteiger partial charge in [0.25, 0.3) is 10.0 Å². The van der Waals surface area contributed by atoms with Crippen molar-refractivity contribution in [3.8, 4) is 11.1 Å². The number of nitrogen functional groups attached to an aromatic ring is 1. The SMILES string of the molecule is Nc1ccccc1NC(=O)C=Cc1ccn(S(=O)(=O)c2ccc(-c3ccncc3)cc2)c1. The minimum absolute atomic E-state index is 0.165. The Morgan fingerprint density at radius 3 is 2.34 bits per heavy atom. The zero-order chi connectivity index (χ0) is 22.6. The molecule has 2 heterocycles. The predicted molar refractivity (Wildman–Crippen MR) is 125 cm³/mol. The first-order valence-electron chi connectivity index (χ1n) is 9.71. The average molecular weight is 445 g/mol. The number of nitrogens with two attached hydrogens (primary N) is 1. The second kappa shape index (κ2) is 8.91. The first-order valence-corrected chi connectivity index (χ1v) is 11.1. The Labute approximate surface area is 185 Å². The molecule has 0 atom stereocenters. The van der Waals surface area contributed by atoms with Gasteiger partial charge >= 0.3 is 0 Å². The maximum atomic E-state index is 12.9. The van der Waals surface area contributed by atoms with E-state index in [-0.39, 0.29) is 10.8 Å². The topological polar surface area (TPSA) is 107 Å². The molecule has 8 heteroatoms. The lowest BCUT2D eigenvalue weighted by Gasteiger charge is -2.07. The van der Waals surface area contributed by atoms with E-state index in [0.29, 0.717) is 16.9 Å². The molecule has 0 unspecified atom stereocenters. The fourth-order valence-corrected chi connectivity index (χ4v) is 4.29. The lowest BCUT2D eigenvalue weighted by Crippen LogP contribution is -2.10. The number of hydrogen-bond acceptors (Lipinski definition) is 5. The van der Waals surface area contributed by atoms with E-state index in [9.17, 15) is 13.2 Å². The van der Waals surface area contributed by atoms with Crippen LogP contribution in [0.4, 0.5) is 11.4 Å². The van der Waals surface area contributed by atoms with E-state index in [2.05, 4.69) is 10.3 Å². The Kier molecular flexibility index (Phi) is 5.87. The third-order valence-corrected chi connectivity index (χ3v) is 6.43. The van der Waals surface area contributed by atoms with Gasteiger partial charge in [-0.25, -0.2) is 12.4 Å². The summed E-state index contributed by atoms with van der Waals surface area (Å²) < 4.78 is 27.0. The van der Waals surface area contributed by atoms with Crippen LogP contribution in [0.3, 0.4) is 0 Å². The van der Waals surface area contributed by atoms with Crippen molar-refractivity contribution in [2.24, 2.45) is 0 Å². The lowest BCUT2D eigenvalue weighted by molar-refractivity contribution is -0.111. The number of carbonyl (C=O) groups is 1. The van der Waals surface area contributed by atoms with Crippen molar-refractivity contribution >= 4 is 33.4 Å². The van der Waals surface area contributed by atoms with Gasteiger partial charge in [0.2, 0.25) is 5.91 Å². The average Bonchev–Trinajstić information content (AvgIpc) is 3.30. The number of nitrogens with one attached hydrogen (secondary N) is 1. The maximum absolute atomic E-state index is 12.9. The minimum atomic E-state index is -3.76. The Balaban J connectivity index is 1.48. The van der Waals surface area contributed by atoms with E-state index in [4.69, 9.17) is 5.73 Å². The Hall–Kier alpha value is -4.17. The van der Waals surface area contributed by atoms with Gasteiger partial charge < -0.3 is 11.1 Å². The Bertz CT molecular complexity index is 1380. The number of nitrogens with zero attached hydrogens (tertiary/aromatic N) is 2. The monoisotopic (exact) mass is 444 g/mol. The van der Waals surface area contributed by atoms with Crippen LogP contribution in [-0.4, -0.2) is 23.3 Å². The van der Waals surface area contributed by atoms with Crippen LogP contribution < -0.4 is 11.1 Å². The highest BCUT2D eigenvalue weighted by Crippen LogP contribution is 2.22. The number of anilines is 2. The van der Waals surface area contributed by atoms with Crippen LogP contribution >= 0.6 is 0 Å². The molecule has 0 bridgehead atoms. The minimum Gasteiger partial charge on any atom is -0.397 e. The molecule has 160 valence electrons. The normalized spacial score (nSPS) is 11.5. The second-order valence-electron chi connectivity index (χ2n) is 6.95. The van der Waals surface area contributed by atoms with E-state index in [1.54, 1.807) is 67.0 Å². The summed E-state index contributed by atoms with van der Waals surface area (Å²) in [6.45, 7) is 0. The molecule has 32 heavy (non-hydrogen) atoms. The molecule has 0 fully saturated rings. The van der Waals surface area contributed by atoms with Crippen LogP contribution in [-0.2, 0) is 14.8 Å². The predicted octanol–water partition coefficient (Wildman–Crippen LogP) is 4.02. The fourth-order valence-electron chi connectivity index (χ4n) is 3.08. The van der Waals surface area contributed by atoms with Crippen molar-refractivity contribution < 1.29 is 13.2 Å². The summed E-state index contributed by atoms with van der Waals surface area (Å²) in [7, 11) is -3.76. The first-order chi connectivity index (χ1) is 15.4. The molecule has 2 aromatic carbocycles. The van der Waals surface area contributed by atoms with Gasteiger partial charge in [0.15, 0.2) is 0 Å². The molecule has 3 N–H and O–H groups in total. The number of benzene rings is 2. The zero-order valence-corrected chi connectivity index (χ0v) is 17.7. The number of rotatable bonds is 6. The number of amides is 1. The van der Waals surface area contributed by atoms with Gasteiger partial charge in [-0.2, -0.15) is 0 Å². The third-order valence-electron chi connectivity index (χ3n) is 4.78. The van der Waals surface area contributed by atoms with Crippen LogP contribution in [0.5, 0.6) is 0 Å². The van der Waals surface area contributed by atoms with Gasteiger partial charge in [-0.3, -0.25) is 9.78 Å². The first kappa shape index (κ1) is 21.1. The maximum Gasteiger partial charge on any atom is 0.267 e. The van der Waals surface area contributed by atoms with Crippen LogP contribution in [0, 0.1) is 0 Å². The molecule has 0 saturated carbocycles. The molecular weight excluding hydrogens is 424 g/mol. The van der Waals surface area contributed by atoms with Gasteiger partial charge in [-0.1, -0.05) is 24.3 Å². The molecule has 0 aliphatic rings. The smallest absolute Gasteiger partial charge is 0.267 e. The quantitative estimate of drug-likeness (QED) is 0.345. The third kappa shape index (κ3) is 4.60. The molecule has 0 aliphatic carbocycles. The Morgan fingerprint density at radius 2 is 1.62 bits per heavy atom. The van der Waals surface area contributed by atoms with Gasteiger partial charge in [0.05, 0.1) is 16.3 Å². The number of hydrogen-bond donors (Lipinski definition) is 2. The second-order valence-corrected chi connectivity index (χ2v) is 8.79. The number of carbonyl (C=O) groups excluding carboxylic acids is 1. The summed E-state index contributed by atoms with van der Waals surface area (Å²) in [5.74, 6) is -0.370. The molecule has 0 radical (unpaired) electrons. The number of aromatic nitrogens is 2. The molecule has 0 aliphatic heterocycles. The van der Waals surface area contributed by atoms with E-state index in [1.807, 2.05) is 12.1 Å². The van der Waals surface area contributed by atoms with Crippen LogP contribution in [0.25, 0.3) is 17.2 Å². The van der Waals surface area contributed by atoms with Gasteiger partial charge in [0.1, 0.15) is 0 Å². The summed E-state index contributed by atoms with van der Waals surface area (Å²) in [4.78, 5) is 16.3. The van der Waals surface area contributed by atoms with Gasteiger partial charge in [-0.05, 0) is 65.2 Å². The molecule has 0 spiro atoms. The number of para-hydroxylation sites is 2. The van der Waals surface area contributed by atoms with Crippen molar-refractivity contribution in [2.45, 2.75) is 4.90 Å². The molecule has 4 aromatic rings. The van der Waals surface area contributed by atoms with Crippen molar-refractivity contribution in [1.82, 2.24) is 8.96 Å². The highest BCUT2D eigenvalue weighted by atomic mass is 32.2. The zero-order valence-electron chi connectivity index (χ0n) is 16.9. The van der Waals surface area contributed by atoms with E-state index >= 15 is 0 Å². The summed E-state index contributed by atoms with van der Waals surface area (Å²) >= 11 is 0. The van der Waals surface area contributed by atoms with Gasteiger partial charge in [-0.15, -0.1) is 0 Å². The van der Waals surface area contributed by atoms with Crippen molar-refractivity contribution in [3.05, 3.63) is 103 Å². The Morgan fingerprint density at radius 1 is 0.938 bits per heavy atom. The molecule has 4 rings (SSSR count). The van der Waals surface area contributed by atoms with Crippen LogP contribution in [0.2, 0.25) is 0 Å². The van der Waals surface area contributed by atoms with Gasteiger partial charge in [0, 0.05) is 30.9 Å². The van der Waals surface area contributed by atoms with Crippen LogP contribution in [0.15, 0.2) is 102 Å². The number of pyridine rings is 1. The summed E-state index contributed by atoms with van der Waals surface area (Å²) in [5, 5.41) is 2.68. The lowest BCUT2D eigenvalue weighted by atomic mass is 10.1. The van der Waals surface area contributed by atoms with Crippen molar-refractivity contribution in [3.63, 3.8) is 0 Å². The summed E-state index contributed by atoms with van der Waals surface area (Å²) in [6, 6.07) is 18.9. The van der Waals surface area contributed by atoms with Crippen molar-refractivity contribution in [1.29, 1.82) is 0 Å². The summed E-state index contributed by atoms with van der Waals surface area (Å²) in [6.07, 6.45) is 9.12. The molecule has 1 amide bonds. The molecule has 2 aromatic heterocycles. The molecule has 0 saturated heterocycles. The molecular formula is C24H20N4O3S. The standard InChI is InChI=1S/C24H20N4O3S/c25-22-3-1-2-4-23(22)27-24(29)10-5-18-13-16-28(17-18)32(30,31)21-8-6-19(7-9-21)20-11-14-26-15-12-20/h1-17H,25H2,(H,27,29). The fraction of sp³-hybridized carbons (Fsp3) is 0. The van der Waals surface area contributed by atoms with Crippen molar-refractivity contribution in [2.75, 3.05) is 11.1 Å². The van der Waals surface area contributed by atoms with E-state index in [1.165, 1.54) is 24.5 Å². The largest absolute Gasteiger partial charge is 0.397 e. The van der Waals surface area contributed by atoms with Crippen LogP contribution in [0.1, 0.15) is 5.56 Å². The molecule has 7 nitrogen and oxygen atoms in total. The highest BCUT2D eigenvalue weighted by molar-refractivity contribution is 7.90. The summed E-state index contributed by atoms with van der Waals surface area (Å²) in [5.41, 5.74) is 9.20. The highest BCUT2D eigenvalue weighted by Gasteiger charge is 2.16. The van der Waals surface area contributed by atoms with E-state index in [0.717, 1.165) is 15.1 Å².